The molecule has 26 heavy (non-hydrogen) atoms. The smallest absolute Gasteiger partial charge is 0.238 e. The van der Waals surface area contributed by atoms with Crippen LogP contribution < -0.4 is 10.2 Å². The monoisotopic (exact) mass is 380 g/mol. The zero-order valence-corrected chi connectivity index (χ0v) is 14.6. The van der Waals surface area contributed by atoms with Crippen molar-refractivity contribution in [3.63, 3.8) is 0 Å². The van der Waals surface area contributed by atoms with Crippen LogP contribution in [0.3, 0.4) is 0 Å². The first kappa shape index (κ1) is 18.2. The normalized spacial score (nSPS) is 15.6. The molecule has 1 unspecified atom stereocenters. The molecule has 0 aliphatic carbocycles. The topological polar surface area (TPSA) is 41.6 Å². The number of hydrazine groups is 1. The highest BCUT2D eigenvalue weighted by atomic mass is 32.1. The van der Waals surface area contributed by atoms with Crippen LogP contribution in [0.4, 0.5) is 13.2 Å². The maximum absolute atomic E-state index is 13.7. The third-order valence-electron chi connectivity index (χ3n) is 4.03. The van der Waals surface area contributed by atoms with E-state index in [4.69, 9.17) is 17.0 Å². The summed E-state index contributed by atoms with van der Waals surface area (Å²) in [6.45, 7) is 1.67. The summed E-state index contributed by atoms with van der Waals surface area (Å²) in [4.78, 5) is 12.2. The Morgan fingerprint density at radius 2 is 1.96 bits per heavy atom. The van der Waals surface area contributed by atoms with Gasteiger partial charge >= 0.3 is 0 Å². The van der Waals surface area contributed by atoms with Crippen molar-refractivity contribution < 1.29 is 22.7 Å². The molecule has 1 amide bonds. The Hall–Kier alpha value is -2.61. The number of thiocarbonyl (C=S) groups is 1. The fourth-order valence-electron chi connectivity index (χ4n) is 2.80. The molecule has 0 spiro atoms. The van der Waals surface area contributed by atoms with Gasteiger partial charge in [-0.2, -0.15) is 0 Å². The molecular formula is C18H15F3N2O2S. The lowest BCUT2D eigenvalue weighted by Crippen LogP contribution is -2.48. The van der Waals surface area contributed by atoms with E-state index in [0.29, 0.717) is 24.3 Å². The highest BCUT2D eigenvalue weighted by molar-refractivity contribution is 7.80. The molecule has 0 saturated heterocycles. The van der Waals surface area contributed by atoms with E-state index in [9.17, 15) is 18.0 Å². The molecule has 0 aromatic heterocycles. The minimum Gasteiger partial charge on any atom is -0.493 e. The van der Waals surface area contributed by atoms with Crippen LogP contribution >= 0.6 is 12.2 Å². The third kappa shape index (κ3) is 3.65. The van der Waals surface area contributed by atoms with Crippen molar-refractivity contribution in [2.45, 2.75) is 19.4 Å². The molecule has 4 nitrogen and oxygen atoms in total. The minimum atomic E-state index is -1.04. The number of hydrogen-bond acceptors (Lipinski definition) is 3. The number of benzene rings is 2. The lowest BCUT2D eigenvalue weighted by molar-refractivity contribution is -0.134. The number of amides is 1. The molecule has 0 fully saturated rings. The number of halogens is 3. The molecule has 8 heteroatoms. The fraction of sp³-hybridized carbons (Fsp3) is 0.222. The molecule has 3 rings (SSSR count). The Labute approximate surface area is 153 Å². The average molecular weight is 380 g/mol. The Morgan fingerprint density at radius 1 is 1.19 bits per heavy atom. The molecular weight excluding hydrogens is 365 g/mol. The molecule has 2 aromatic carbocycles. The second kappa shape index (κ2) is 7.33. The molecule has 1 aliphatic heterocycles. The van der Waals surface area contributed by atoms with Crippen LogP contribution in [-0.4, -0.2) is 22.5 Å². The van der Waals surface area contributed by atoms with Gasteiger partial charge < -0.3 is 4.74 Å². The summed E-state index contributed by atoms with van der Waals surface area (Å²) < 4.78 is 45.7. The van der Waals surface area contributed by atoms with Crippen LogP contribution in [0.5, 0.6) is 5.75 Å². The first-order valence-electron chi connectivity index (χ1n) is 7.85. The lowest BCUT2D eigenvalue weighted by Gasteiger charge is -2.35. The standard InChI is InChI=1S/C18H15F3N2O2S/c1-10(24)23(22-18(26)11-2-4-14(20)15(21)8-11)16-6-7-25-17-5-3-12(19)9-13(16)17/h2-5,8-9,16H,6-7H2,1H3,(H,22,26). The maximum atomic E-state index is 13.7. The predicted molar refractivity (Wildman–Crippen MR) is 93.0 cm³/mol. The SMILES string of the molecule is CC(=O)N(NC(=S)c1ccc(F)c(F)c1)C1CCOc2ccc(F)cc21. The van der Waals surface area contributed by atoms with Gasteiger partial charge in [0.15, 0.2) is 11.6 Å². The zero-order chi connectivity index (χ0) is 18.8. The first-order valence-corrected chi connectivity index (χ1v) is 8.25. The third-order valence-corrected chi connectivity index (χ3v) is 4.36. The summed E-state index contributed by atoms with van der Waals surface area (Å²) in [5, 5.41) is 1.25. The molecule has 2 aromatic rings. The largest absolute Gasteiger partial charge is 0.493 e. The van der Waals surface area contributed by atoms with Gasteiger partial charge in [-0.15, -0.1) is 0 Å². The van der Waals surface area contributed by atoms with Gasteiger partial charge in [-0.1, -0.05) is 12.2 Å². The van der Waals surface area contributed by atoms with E-state index in [-0.39, 0.29) is 16.5 Å². The highest BCUT2D eigenvalue weighted by Gasteiger charge is 2.30. The summed E-state index contributed by atoms with van der Waals surface area (Å²) in [5.74, 6) is -2.37. The van der Waals surface area contributed by atoms with E-state index in [1.807, 2.05) is 0 Å². The van der Waals surface area contributed by atoms with Gasteiger partial charge in [0.05, 0.1) is 12.6 Å². The van der Waals surface area contributed by atoms with Crippen molar-refractivity contribution in [3.05, 3.63) is 65.0 Å². The Bertz CT molecular complexity index is 876. The number of nitrogens with zero attached hydrogens (tertiary/aromatic N) is 1. The van der Waals surface area contributed by atoms with Crippen LogP contribution in [0.2, 0.25) is 0 Å². The molecule has 0 bridgehead atoms. The summed E-state index contributed by atoms with van der Waals surface area (Å²) in [7, 11) is 0. The van der Waals surface area contributed by atoms with Crippen LogP contribution in [0.1, 0.15) is 30.5 Å². The van der Waals surface area contributed by atoms with Crippen LogP contribution in [0.25, 0.3) is 0 Å². The molecule has 1 aliphatic rings. The van der Waals surface area contributed by atoms with E-state index >= 15 is 0 Å². The van der Waals surface area contributed by atoms with Crippen molar-refractivity contribution in [1.29, 1.82) is 0 Å². The van der Waals surface area contributed by atoms with Crippen molar-refractivity contribution in [2.24, 2.45) is 0 Å². The van der Waals surface area contributed by atoms with E-state index in [1.54, 1.807) is 0 Å². The first-order chi connectivity index (χ1) is 12.4. The number of fused-ring (bicyclic) bond motifs is 1. The number of ether oxygens (including phenoxy) is 1. The van der Waals surface area contributed by atoms with Crippen molar-refractivity contribution in [1.82, 2.24) is 10.4 Å². The molecule has 136 valence electrons. The zero-order valence-electron chi connectivity index (χ0n) is 13.8. The summed E-state index contributed by atoms with van der Waals surface area (Å²) >= 11 is 5.21. The van der Waals surface area contributed by atoms with Gasteiger partial charge in [-0.3, -0.25) is 10.2 Å². The highest BCUT2D eigenvalue weighted by Crippen LogP contribution is 2.35. The van der Waals surface area contributed by atoms with Crippen LogP contribution in [-0.2, 0) is 4.79 Å². The van der Waals surface area contributed by atoms with Crippen molar-refractivity contribution in [3.8, 4) is 5.75 Å². The van der Waals surface area contributed by atoms with Gasteiger partial charge in [0.25, 0.3) is 0 Å². The molecule has 0 radical (unpaired) electrons. The van der Waals surface area contributed by atoms with E-state index in [2.05, 4.69) is 5.43 Å². The van der Waals surface area contributed by atoms with Gasteiger partial charge in [0, 0.05) is 24.5 Å². The second-order valence-corrected chi connectivity index (χ2v) is 6.20. The Balaban J connectivity index is 1.89. The van der Waals surface area contributed by atoms with Gasteiger partial charge in [0.2, 0.25) is 5.91 Å². The van der Waals surface area contributed by atoms with Gasteiger partial charge in [0.1, 0.15) is 16.6 Å². The quantitative estimate of drug-likeness (QED) is 0.638. The molecule has 1 N–H and O–H groups in total. The Kier molecular flexibility index (Phi) is 5.13. The second-order valence-electron chi connectivity index (χ2n) is 5.79. The fourth-order valence-corrected chi connectivity index (χ4v) is 3.03. The summed E-state index contributed by atoms with van der Waals surface area (Å²) in [6.07, 6.45) is 0.420. The van der Waals surface area contributed by atoms with Crippen molar-refractivity contribution in [2.75, 3.05) is 6.61 Å². The lowest BCUT2D eigenvalue weighted by atomic mass is 9.99. The van der Waals surface area contributed by atoms with Crippen LogP contribution in [0.15, 0.2) is 36.4 Å². The Morgan fingerprint density at radius 3 is 2.65 bits per heavy atom. The number of carbonyl (C=O) groups is 1. The molecule has 1 atom stereocenters. The van der Waals surface area contributed by atoms with Crippen LogP contribution in [0, 0.1) is 17.5 Å². The average Bonchev–Trinajstić information content (AvgIpc) is 2.61. The maximum Gasteiger partial charge on any atom is 0.238 e. The molecule has 1 heterocycles. The van der Waals surface area contributed by atoms with E-state index in [0.717, 1.165) is 12.1 Å². The number of nitrogens with one attached hydrogen (secondary N) is 1. The van der Waals surface area contributed by atoms with E-state index < -0.39 is 23.5 Å². The molecule has 0 saturated carbocycles. The summed E-state index contributed by atoms with van der Waals surface area (Å²) in [6, 6.07) is 6.77. The van der Waals surface area contributed by atoms with Crippen molar-refractivity contribution >= 4 is 23.1 Å². The number of rotatable bonds is 2. The predicted octanol–water partition coefficient (Wildman–Crippen LogP) is 3.66. The van der Waals surface area contributed by atoms with Gasteiger partial charge in [-0.25, -0.2) is 18.2 Å². The van der Waals surface area contributed by atoms with Gasteiger partial charge in [-0.05, 0) is 36.4 Å². The minimum absolute atomic E-state index is 0.0449. The summed E-state index contributed by atoms with van der Waals surface area (Å²) in [5.41, 5.74) is 3.48. The van der Waals surface area contributed by atoms with E-state index in [1.165, 1.54) is 36.2 Å². The number of hydrogen-bond donors (Lipinski definition) is 1. The number of carbonyl (C=O) groups excluding carboxylic acids is 1.